The van der Waals surface area contributed by atoms with Crippen LogP contribution in [0.4, 0.5) is 11.5 Å². The summed E-state index contributed by atoms with van der Waals surface area (Å²) in [5.41, 5.74) is 8.78. The highest BCUT2D eigenvalue weighted by atomic mass is 16.7. The van der Waals surface area contributed by atoms with Gasteiger partial charge in [-0.05, 0) is 50.0 Å². The molecular weight excluding hydrogens is 394 g/mol. The summed E-state index contributed by atoms with van der Waals surface area (Å²) < 4.78 is 10.9. The van der Waals surface area contributed by atoms with Crippen molar-refractivity contribution in [1.82, 2.24) is 14.9 Å². The summed E-state index contributed by atoms with van der Waals surface area (Å²) in [6.07, 6.45) is 0.544. The maximum absolute atomic E-state index is 5.92. The first-order valence-corrected chi connectivity index (χ1v) is 10.1. The molecule has 2 aromatic carbocycles. The summed E-state index contributed by atoms with van der Waals surface area (Å²) in [5.74, 6) is 3.09. The van der Waals surface area contributed by atoms with Gasteiger partial charge in [0.25, 0.3) is 0 Å². The van der Waals surface area contributed by atoms with Crippen molar-refractivity contribution in [1.29, 1.82) is 0 Å². The highest BCUT2D eigenvalue weighted by Crippen LogP contribution is 2.33. The number of likely N-dealkylation sites (N-methyl/N-ethyl adjacent to an activating group) is 1. The molecule has 9 nitrogen and oxygen atoms in total. The van der Waals surface area contributed by atoms with Crippen LogP contribution < -0.4 is 25.8 Å². The molecule has 31 heavy (non-hydrogen) atoms. The molecule has 2 heterocycles. The van der Waals surface area contributed by atoms with Gasteiger partial charge in [-0.1, -0.05) is 6.07 Å². The van der Waals surface area contributed by atoms with Crippen LogP contribution in [0.2, 0.25) is 0 Å². The van der Waals surface area contributed by atoms with Crippen LogP contribution >= 0.6 is 0 Å². The van der Waals surface area contributed by atoms with E-state index in [1.54, 1.807) is 7.05 Å². The van der Waals surface area contributed by atoms with Gasteiger partial charge in [-0.15, -0.1) is 0 Å². The van der Waals surface area contributed by atoms with Gasteiger partial charge < -0.3 is 30.7 Å². The van der Waals surface area contributed by atoms with Crippen LogP contribution in [0.1, 0.15) is 11.4 Å². The van der Waals surface area contributed by atoms with E-state index in [0.29, 0.717) is 24.0 Å². The molecule has 0 amide bonds. The first-order valence-electron chi connectivity index (χ1n) is 10.1. The Morgan fingerprint density at radius 2 is 1.97 bits per heavy atom. The lowest BCUT2D eigenvalue weighted by atomic mass is 10.1. The predicted molar refractivity (Wildman–Crippen MR) is 123 cm³/mol. The third-order valence-electron chi connectivity index (χ3n) is 4.92. The SMILES string of the molecule is CN=C(N)Nc1nc(Cc2ccc3c(c2)OCO3)nc2cc(NCCN(C)C)ccc12. The molecule has 9 heteroatoms. The largest absolute Gasteiger partial charge is 0.454 e. The normalized spacial score (nSPS) is 13.1. The van der Waals surface area contributed by atoms with Crippen LogP contribution in [0.15, 0.2) is 41.4 Å². The number of nitrogens with zero attached hydrogens (tertiary/aromatic N) is 4. The Morgan fingerprint density at radius 3 is 2.77 bits per heavy atom. The van der Waals surface area contributed by atoms with Gasteiger partial charge >= 0.3 is 0 Å². The number of hydrogen-bond acceptors (Lipinski definition) is 7. The number of anilines is 2. The van der Waals surface area contributed by atoms with Crippen molar-refractivity contribution in [2.75, 3.05) is 51.7 Å². The molecule has 0 saturated carbocycles. The summed E-state index contributed by atoms with van der Waals surface area (Å²) in [4.78, 5) is 15.6. The Morgan fingerprint density at radius 1 is 1.13 bits per heavy atom. The van der Waals surface area contributed by atoms with Gasteiger partial charge in [0, 0.05) is 37.6 Å². The fraction of sp³-hybridized carbons (Fsp3) is 0.318. The van der Waals surface area contributed by atoms with E-state index in [1.807, 2.05) is 36.4 Å². The molecule has 0 saturated heterocycles. The second-order valence-electron chi connectivity index (χ2n) is 7.55. The van der Waals surface area contributed by atoms with E-state index in [-0.39, 0.29) is 6.79 Å². The molecule has 1 aliphatic rings. The van der Waals surface area contributed by atoms with E-state index in [2.05, 4.69) is 34.6 Å². The number of aliphatic imine (C=N–C) groups is 1. The standard InChI is InChI=1S/C22H27N7O2/c1-24-22(23)28-21-16-6-5-15(25-8-9-29(2)3)12-17(16)26-20(27-21)11-14-4-7-18-19(10-14)31-13-30-18/h4-7,10,12,25H,8-9,11,13H2,1-3H3,(H3,23,24,26,27,28). The van der Waals surface area contributed by atoms with Crippen LogP contribution in [0.25, 0.3) is 10.9 Å². The summed E-state index contributed by atoms with van der Waals surface area (Å²) in [7, 11) is 5.73. The molecule has 1 aliphatic heterocycles. The average molecular weight is 422 g/mol. The number of rotatable bonds is 7. The molecule has 3 aromatic rings. The zero-order valence-electron chi connectivity index (χ0n) is 18.0. The number of fused-ring (bicyclic) bond motifs is 2. The molecule has 0 radical (unpaired) electrons. The van der Waals surface area contributed by atoms with Gasteiger partial charge in [-0.2, -0.15) is 0 Å². The Labute approximate surface area is 181 Å². The molecule has 0 bridgehead atoms. The molecule has 0 fully saturated rings. The van der Waals surface area contributed by atoms with Crippen molar-refractivity contribution in [3.63, 3.8) is 0 Å². The molecular formula is C22H27N7O2. The van der Waals surface area contributed by atoms with Crippen molar-refractivity contribution in [2.24, 2.45) is 10.7 Å². The number of guanidine groups is 1. The van der Waals surface area contributed by atoms with Crippen molar-refractivity contribution in [3.05, 3.63) is 47.8 Å². The maximum atomic E-state index is 5.92. The number of aromatic nitrogens is 2. The molecule has 4 N–H and O–H groups in total. The van der Waals surface area contributed by atoms with E-state index in [9.17, 15) is 0 Å². The summed E-state index contributed by atoms with van der Waals surface area (Å²) in [6.45, 7) is 2.03. The summed E-state index contributed by atoms with van der Waals surface area (Å²) in [5, 5.41) is 7.39. The van der Waals surface area contributed by atoms with Crippen molar-refractivity contribution < 1.29 is 9.47 Å². The van der Waals surface area contributed by atoms with Crippen LogP contribution in [0.5, 0.6) is 11.5 Å². The van der Waals surface area contributed by atoms with Crippen molar-refractivity contribution in [3.8, 4) is 11.5 Å². The zero-order chi connectivity index (χ0) is 21.8. The molecule has 0 atom stereocenters. The predicted octanol–water partition coefficient (Wildman–Crippen LogP) is 2.28. The second-order valence-corrected chi connectivity index (χ2v) is 7.55. The minimum Gasteiger partial charge on any atom is -0.454 e. The van der Waals surface area contributed by atoms with Crippen molar-refractivity contribution in [2.45, 2.75) is 6.42 Å². The number of nitrogens with two attached hydrogens (primary N) is 1. The highest BCUT2D eigenvalue weighted by molar-refractivity contribution is 6.00. The Bertz CT molecular complexity index is 1110. The van der Waals surface area contributed by atoms with Crippen LogP contribution in [0.3, 0.4) is 0 Å². The van der Waals surface area contributed by atoms with E-state index < -0.39 is 0 Å². The fourth-order valence-corrected chi connectivity index (χ4v) is 3.30. The first kappa shape index (κ1) is 20.7. The number of nitrogens with one attached hydrogen (secondary N) is 2. The Balaban J connectivity index is 1.66. The second kappa shape index (κ2) is 9.05. The van der Waals surface area contributed by atoms with Crippen molar-refractivity contribution >= 4 is 28.4 Å². The van der Waals surface area contributed by atoms with Crippen LogP contribution in [-0.2, 0) is 6.42 Å². The van der Waals surface area contributed by atoms with Gasteiger partial charge in [-0.3, -0.25) is 4.99 Å². The molecule has 1 aromatic heterocycles. The number of benzene rings is 2. The third kappa shape index (κ3) is 4.95. The first-order chi connectivity index (χ1) is 15.0. The molecule has 0 unspecified atom stereocenters. The lowest BCUT2D eigenvalue weighted by Crippen LogP contribution is -2.23. The Hall–Kier alpha value is -3.59. The van der Waals surface area contributed by atoms with Crippen LogP contribution in [-0.4, -0.2) is 61.9 Å². The minimum absolute atomic E-state index is 0.249. The van der Waals surface area contributed by atoms with E-state index >= 15 is 0 Å². The van der Waals surface area contributed by atoms with Gasteiger partial charge in [0.2, 0.25) is 6.79 Å². The van der Waals surface area contributed by atoms with Gasteiger partial charge in [0.15, 0.2) is 17.5 Å². The Kier molecular flexibility index (Phi) is 6.03. The highest BCUT2D eigenvalue weighted by Gasteiger charge is 2.15. The molecule has 0 aliphatic carbocycles. The summed E-state index contributed by atoms with van der Waals surface area (Å²) >= 11 is 0. The zero-order valence-corrected chi connectivity index (χ0v) is 18.0. The van der Waals surface area contributed by atoms with Gasteiger partial charge in [0.1, 0.15) is 11.6 Å². The maximum Gasteiger partial charge on any atom is 0.231 e. The lowest BCUT2D eigenvalue weighted by Gasteiger charge is -2.14. The van der Waals surface area contributed by atoms with E-state index in [1.165, 1.54) is 0 Å². The van der Waals surface area contributed by atoms with Crippen LogP contribution in [0, 0.1) is 0 Å². The smallest absolute Gasteiger partial charge is 0.231 e. The van der Waals surface area contributed by atoms with Gasteiger partial charge in [-0.25, -0.2) is 9.97 Å². The third-order valence-corrected chi connectivity index (χ3v) is 4.92. The fourth-order valence-electron chi connectivity index (χ4n) is 3.30. The summed E-state index contributed by atoms with van der Waals surface area (Å²) in [6, 6.07) is 11.9. The molecule has 162 valence electrons. The molecule has 4 rings (SSSR count). The quantitative estimate of drug-likeness (QED) is 0.394. The number of ether oxygens (including phenoxy) is 2. The molecule has 0 spiro atoms. The monoisotopic (exact) mass is 421 g/mol. The van der Waals surface area contributed by atoms with E-state index in [4.69, 9.17) is 25.2 Å². The lowest BCUT2D eigenvalue weighted by molar-refractivity contribution is 0.174. The topological polar surface area (TPSA) is 110 Å². The number of hydrogen-bond donors (Lipinski definition) is 3. The average Bonchev–Trinajstić information content (AvgIpc) is 3.21. The van der Waals surface area contributed by atoms with Gasteiger partial charge in [0.05, 0.1) is 5.52 Å². The van der Waals surface area contributed by atoms with E-state index in [0.717, 1.165) is 46.7 Å². The minimum atomic E-state index is 0.249.